The molecule has 0 N–H and O–H groups in total. The van der Waals surface area contributed by atoms with Gasteiger partial charge >= 0.3 is 6.09 Å². The lowest BCUT2D eigenvalue weighted by molar-refractivity contribution is 0.0142. The van der Waals surface area contributed by atoms with E-state index in [9.17, 15) is 9.59 Å². The van der Waals surface area contributed by atoms with E-state index in [2.05, 4.69) is 16.0 Å². The first-order chi connectivity index (χ1) is 15.7. The number of likely N-dealkylation sites (tertiary alicyclic amines) is 1. The Morgan fingerprint density at radius 2 is 1.73 bits per heavy atom. The molecule has 172 valence electrons. The Morgan fingerprint density at radius 3 is 2.30 bits per heavy atom. The van der Waals surface area contributed by atoms with Crippen molar-refractivity contribution < 1.29 is 14.3 Å². The quantitative estimate of drug-likeness (QED) is 0.702. The van der Waals surface area contributed by atoms with Crippen LogP contribution in [0.3, 0.4) is 0 Å². The highest BCUT2D eigenvalue weighted by Gasteiger charge is 2.40. The Hall–Kier alpha value is -3.47. The normalized spacial score (nSPS) is 16.7. The van der Waals surface area contributed by atoms with Gasteiger partial charge in [0.1, 0.15) is 5.60 Å². The predicted molar refractivity (Wildman–Crippen MR) is 122 cm³/mol. The lowest BCUT2D eigenvalue weighted by Crippen LogP contribution is -2.50. The largest absolute Gasteiger partial charge is 0.444 e. The molecule has 2 heterocycles. The van der Waals surface area contributed by atoms with Gasteiger partial charge in [-0.2, -0.15) is 5.26 Å². The van der Waals surface area contributed by atoms with Gasteiger partial charge < -0.3 is 14.5 Å². The van der Waals surface area contributed by atoms with E-state index in [1.54, 1.807) is 35.5 Å². The molecule has 2 fully saturated rings. The number of hydrogen-bond donors (Lipinski definition) is 0. The Labute approximate surface area is 194 Å². The number of rotatable bonds is 4. The topological polar surface area (TPSA) is 99.4 Å². The standard InChI is InChI=1S/C25H29N5O3/c1-25(2,3)33-24(32)29-11-9-21(10-12-29)30(20-7-8-20)23(31)19-15-27-22(28-16-19)18-6-4-5-17(13-18)14-26/h4-6,13,15-16,20-21H,7-12H2,1-3H3. The van der Waals surface area contributed by atoms with Crippen molar-refractivity contribution in [2.24, 2.45) is 0 Å². The third-order valence-electron chi connectivity index (χ3n) is 5.83. The van der Waals surface area contributed by atoms with Crippen molar-refractivity contribution >= 4 is 12.0 Å². The Morgan fingerprint density at radius 1 is 1.09 bits per heavy atom. The van der Waals surface area contributed by atoms with E-state index < -0.39 is 5.60 Å². The molecular formula is C25H29N5O3. The van der Waals surface area contributed by atoms with Crippen LogP contribution >= 0.6 is 0 Å². The lowest BCUT2D eigenvalue weighted by atomic mass is 10.0. The van der Waals surface area contributed by atoms with E-state index >= 15 is 0 Å². The number of nitriles is 1. The monoisotopic (exact) mass is 447 g/mol. The summed E-state index contributed by atoms with van der Waals surface area (Å²) in [5.41, 5.74) is 1.21. The minimum absolute atomic E-state index is 0.0643. The third kappa shape index (κ3) is 5.48. The molecule has 1 saturated carbocycles. The molecule has 8 nitrogen and oxygen atoms in total. The average molecular weight is 448 g/mol. The molecule has 1 aromatic carbocycles. The van der Waals surface area contributed by atoms with E-state index in [1.165, 1.54) is 0 Å². The molecule has 4 rings (SSSR count). The minimum Gasteiger partial charge on any atom is -0.444 e. The van der Waals surface area contributed by atoms with Crippen LogP contribution in [0, 0.1) is 11.3 Å². The molecule has 0 bridgehead atoms. The Kier molecular flexibility index (Phi) is 6.32. The van der Waals surface area contributed by atoms with Crippen LogP contribution in [0.1, 0.15) is 62.4 Å². The van der Waals surface area contributed by atoms with Gasteiger partial charge in [0.2, 0.25) is 0 Å². The molecule has 2 aromatic rings. The summed E-state index contributed by atoms with van der Waals surface area (Å²) in [5, 5.41) is 9.10. The second-order valence-electron chi connectivity index (χ2n) is 9.63. The van der Waals surface area contributed by atoms with Gasteiger partial charge in [0, 0.05) is 43.1 Å². The van der Waals surface area contributed by atoms with Gasteiger partial charge in [-0.05, 0) is 58.6 Å². The number of carbonyl (C=O) groups excluding carboxylic acids is 2. The predicted octanol–water partition coefficient (Wildman–Crippen LogP) is 4.02. The molecule has 1 aliphatic carbocycles. The Balaban J connectivity index is 1.43. The van der Waals surface area contributed by atoms with Gasteiger partial charge in [0.05, 0.1) is 17.2 Å². The van der Waals surface area contributed by atoms with Crippen LogP contribution in [0.4, 0.5) is 4.79 Å². The highest BCUT2D eigenvalue weighted by molar-refractivity contribution is 5.94. The van der Waals surface area contributed by atoms with E-state index in [0.717, 1.165) is 31.2 Å². The van der Waals surface area contributed by atoms with E-state index in [1.807, 2.05) is 31.7 Å². The molecule has 0 unspecified atom stereocenters. The van der Waals surface area contributed by atoms with E-state index in [4.69, 9.17) is 10.00 Å². The molecule has 0 spiro atoms. The minimum atomic E-state index is -0.522. The van der Waals surface area contributed by atoms with Crippen LogP contribution in [-0.4, -0.2) is 62.5 Å². The SMILES string of the molecule is CC(C)(C)OC(=O)N1CCC(N(C(=O)c2cnc(-c3cccc(C#N)c3)nc2)C2CC2)CC1. The molecule has 2 amide bonds. The fourth-order valence-corrected chi connectivity index (χ4v) is 4.10. The zero-order valence-electron chi connectivity index (χ0n) is 19.3. The van der Waals surface area contributed by atoms with Crippen LogP contribution in [-0.2, 0) is 4.74 Å². The molecule has 8 heteroatoms. The average Bonchev–Trinajstić information content (AvgIpc) is 3.64. The maximum absolute atomic E-state index is 13.4. The van der Waals surface area contributed by atoms with Crippen molar-refractivity contribution in [1.29, 1.82) is 5.26 Å². The first-order valence-electron chi connectivity index (χ1n) is 11.4. The zero-order chi connectivity index (χ0) is 23.6. The van der Waals surface area contributed by atoms with Crippen LogP contribution in [0.25, 0.3) is 11.4 Å². The van der Waals surface area contributed by atoms with Crippen LogP contribution < -0.4 is 0 Å². The van der Waals surface area contributed by atoms with Crippen LogP contribution in [0.15, 0.2) is 36.7 Å². The molecule has 0 radical (unpaired) electrons. The summed E-state index contributed by atoms with van der Waals surface area (Å²) in [7, 11) is 0. The van der Waals surface area contributed by atoms with Crippen molar-refractivity contribution in [3.05, 3.63) is 47.8 Å². The number of aromatic nitrogens is 2. The van der Waals surface area contributed by atoms with Gasteiger partial charge in [-0.25, -0.2) is 14.8 Å². The fourth-order valence-electron chi connectivity index (χ4n) is 4.10. The summed E-state index contributed by atoms with van der Waals surface area (Å²) in [6, 6.07) is 9.51. The lowest BCUT2D eigenvalue weighted by Gasteiger charge is -2.39. The summed E-state index contributed by atoms with van der Waals surface area (Å²) in [6.07, 6.45) is 6.28. The molecule has 2 aliphatic rings. The van der Waals surface area contributed by atoms with Gasteiger partial charge in [-0.3, -0.25) is 4.79 Å². The van der Waals surface area contributed by atoms with Crippen molar-refractivity contribution in [2.45, 2.75) is 64.1 Å². The van der Waals surface area contributed by atoms with Crippen molar-refractivity contribution in [2.75, 3.05) is 13.1 Å². The second kappa shape index (κ2) is 9.18. The number of benzene rings is 1. The first-order valence-corrected chi connectivity index (χ1v) is 11.4. The maximum atomic E-state index is 13.4. The molecule has 33 heavy (non-hydrogen) atoms. The van der Waals surface area contributed by atoms with Crippen molar-refractivity contribution in [1.82, 2.24) is 19.8 Å². The summed E-state index contributed by atoms with van der Waals surface area (Å²) in [4.78, 5) is 38.2. The van der Waals surface area contributed by atoms with Crippen molar-refractivity contribution in [3.8, 4) is 17.5 Å². The highest BCUT2D eigenvalue weighted by Crippen LogP contribution is 2.33. The van der Waals surface area contributed by atoms with Gasteiger partial charge in [-0.1, -0.05) is 12.1 Å². The number of carbonyl (C=O) groups is 2. The summed E-state index contributed by atoms with van der Waals surface area (Å²) in [5.74, 6) is 0.415. The maximum Gasteiger partial charge on any atom is 0.410 e. The fraction of sp³-hybridized carbons (Fsp3) is 0.480. The zero-order valence-corrected chi connectivity index (χ0v) is 19.3. The summed E-state index contributed by atoms with van der Waals surface area (Å²) in [6.45, 7) is 6.72. The van der Waals surface area contributed by atoms with Crippen LogP contribution in [0.5, 0.6) is 0 Å². The smallest absolute Gasteiger partial charge is 0.410 e. The number of nitrogens with zero attached hydrogens (tertiary/aromatic N) is 5. The third-order valence-corrected chi connectivity index (χ3v) is 5.83. The number of ether oxygens (including phenoxy) is 1. The summed E-state index contributed by atoms with van der Waals surface area (Å²) >= 11 is 0. The van der Waals surface area contributed by atoms with Gasteiger partial charge in [-0.15, -0.1) is 0 Å². The number of piperidine rings is 1. The summed E-state index contributed by atoms with van der Waals surface area (Å²) < 4.78 is 5.48. The van der Waals surface area contributed by atoms with Crippen LogP contribution in [0.2, 0.25) is 0 Å². The van der Waals surface area contributed by atoms with E-state index in [0.29, 0.717) is 30.0 Å². The molecular weight excluding hydrogens is 418 g/mol. The van der Waals surface area contributed by atoms with Gasteiger partial charge in [0.25, 0.3) is 5.91 Å². The number of hydrogen-bond acceptors (Lipinski definition) is 6. The Bertz CT molecular complexity index is 1060. The second-order valence-corrected chi connectivity index (χ2v) is 9.63. The molecule has 0 atom stereocenters. The van der Waals surface area contributed by atoms with Gasteiger partial charge in [0.15, 0.2) is 5.82 Å². The number of amides is 2. The highest BCUT2D eigenvalue weighted by atomic mass is 16.6. The first kappa shape index (κ1) is 22.7. The van der Waals surface area contributed by atoms with E-state index in [-0.39, 0.29) is 24.1 Å². The molecule has 1 aliphatic heterocycles. The molecule has 1 saturated heterocycles. The molecule has 1 aromatic heterocycles. The van der Waals surface area contributed by atoms with Crippen molar-refractivity contribution in [3.63, 3.8) is 0 Å².